The molecule has 2 bridgehead atoms. The molecule has 0 radical (unpaired) electrons. The molecule has 5 heteroatoms. The Morgan fingerprint density at radius 3 is 2.44 bits per heavy atom. The van der Waals surface area contributed by atoms with Crippen molar-refractivity contribution >= 4 is 28.8 Å². The smallest absolute Gasteiger partial charge is 0.248 e. The van der Waals surface area contributed by atoms with E-state index in [0.717, 1.165) is 29.3 Å². The van der Waals surface area contributed by atoms with Gasteiger partial charge < -0.3 is 5.32 Å². The number of nitrogens with one attached hydrogen (secondary N) is 1. The van der Waals surface area contributed by atoms with E-state index in [2.05, 4.69) is 5.32 Å². The molecule has 4 atom stereocenters. The monoisotopic (exact) mass is 450 g/mol. The van der Waals surface area contributed by atoms with E-state index in [9.17, 15) is 9.59 Å². The molecule has 0 unspecified atom stereocenters. The maximum atomic E-state index is 13.9. The molecule has 3 saturated carbocycles. The number of nitrogens with zero attached hydrogens (tertiary/aromatic N) is 1. The number of para-hydroxylation sites is 1. The van der Waals surface area contributed by atoms with Gasteiger partial charge in [0.1, 0.15) is 6.04 Å². The highest BCUT2D eigenvalue weighted by molar-refractivity contribution is 7.10. The second kappa shape index (κ2) is 9.78. The number of fused-ring (bicyclic) bond motifs is 2. The summed E-state index contributed by atoms with van der Waals surface area (Å²) in [5.74, 6) is 2.02. The number of carbonyl (C=O) groups is 2. The fourth-order valence-electron chi connectivity index (χ4n) is 6.32. The standard InChI is InChI=1S/C27H34N2O2S/c30-25(18-21-17-19-13-14-20(21)16-19)29(23-10-5-2-6-11-23)26(24-12-7-15-32-24)27(31)28-22-8-3-1-4-9-22/h2,5-7,10-12,15,19-22,26H,1,3-4,8-9,13-14,16-18H2,(H,28,31)/t19-,20-,21+,26+/m1/s1. The van der Waals surface area contributed by atoms with Crippen LogP contribution in [0.4, 0.5) is 5.69 Å². The summed E-state index contributed by atoms with van der Waals surface area (Å²) in [5.41, 5.74) is 0.817. The molecule has 0 spiro atoms. The van der Waals surface area contributed by atoms with E-state index >= 15 is 0 Å². The van der Waals surface area contributed by atoms with Gasteiger partial charge in [0.2, 0.25) is 11.8 Å². The van der Waals surface area contributed by atoms with Crippen LogP contribution < -0.4 is 10.2 Å². The Hall–Kier alpha value is -2.14. The van der Waals surface area contributed by atoms with E-state index < -0.39 is 6.04 Å². The van der Waals surface area contributed by atoms with Crippen molar-refractivity contribution in [3.8, 4) is 0 Å². The molecule has 170 valence electrons. The minimum absolute atomic E-state index is 0.0375. The molecule has 1 aromatic carbocycles. The van der Waals surface area contributed by atoms with Crippen molar-refractivity contribution in [3.63, 3.8) is 0 Å². The van der Waals surface area contributed by atoms with Crippen molar-refractivity contribution in [1.82, 2.24) is 5.32 Å². The first-order valence-electron chi connectivity index (χ1n) is 12.4. The summed E-state index contributed by atoms with van der Waals surface area (Å²) in [6.45, 7) is 0. The lowest BCUT2D eigenvalue weighted by Gasteiger charge is -2.34. The van der Waals surface area contributed by atoms with Crippen molar-refractivity contribution in [2.45, 2.75) is 76.3 Å². The molecule has 1 N–H and O–H groups in total. The Bertz CT molecular complexity index is 907. The Labute approximate surface area is 195 Å². The summed E-state index contributed by atoms with van der Waals surface area (Å²) in [5, 5.41) is 5.31. The van der Waals surface area contributed by atoms with Crippen molar-refractivity contribution in [2.75, 3.05) is 4.90 Å². The maximum absolute atomic E-state index is 13.9. The first-order chi connectivity index (χ1) is 15.7. The number of amides is 2. The zero-order chi connectivity index (χ0) is 21.9. The van der Waals surface area contributed by atoms with Gasteiger partial charge in [0.25, 0.3) is 0 Å². The molecule has 2 amide bonds. The van der Waals surface area contributed by atoms with Crippen molar-refractivity contribution < 1.29 is 9.59 Å². The van der Waals surface area contributed by atoms with Gasteiger partial charge in [0.05, 0.1) is 0 Å². The number of rotatable bonds is 7. The van der Waals surface area contributed by atoms with Gasteiger partial charge in [-0.05, 0) is 73.4 Å². The van der Waals surface area contributed by atoms with Gasteiger partial charge in [-0.15, -0.1) is 11.3 Å². The van der Waals surface area contributed by atoms with Crippen molar-refractivity contribution in [1.29, 1.82) is 0 Å². The first-order valence-corrected chi connectivity index (χ1v) is 13.3. The van der Waals surface area contributed by atoms with Crippen molar-refractivity contribution in [2.24, 2.45) is 17.8 Å². The molecule has 1 heterocycles. The van der Waals surface area contributed by atoms with Gasteiger partial charge in [-0.25, -0.2) is 0 Å². The molecule has 3 fully saturated rings. The molecular formula is C27H34N2O2S. The van der Waals surface area contributed by atoms with E-state index in [0.29, 0.717) is 18.3 Å². The quantitative estimate of drug-likeness (QED) is 0.554. The third-order valence-corrected chi connectivity index (χ3v) is 8.82. The number of benzene rings is 1. The highest BCUT2D eigenvalue weighted by Gasteiger charge is 2.42. The van der Waals surface area contributed by atoms with Gasteiger partial charge in [-0.1, -0.05) is 49.9 Å². The third kappa shape index (κ3) is 4.63. The van der Waals surface area contributed by atoms with Crippen LogP contribution in [-0.2, 0) is 9.59 Å². The van der Waals surface area contributed by atoms with E-state index in [1.54, 1.807) is 16.2 Å². The molecule has 32 heavy (non-hydrogen) atoms. The summed E-state index contributed by atoms with van der Waals surface area (Å²) < 4.78 is 0. The van der Waals surface area contributed by atoms with Gasteiger partial charge in [0, 0.05) is 23.0 Å². The molecule has 4 nitrogen and oxygen atoms in total. The topological polar surface area (TPSA) is 49.4 Å². The Kier molecular flexibility index (Phi) is 6.63. The minimum Gasteiger partial charge on any atom is -0.351 e. The SMILES string of the molecule is O=C(NC1CCCCC1)[C@H](c1cccs1)N(C(=O)C[C@@H]1C[C@@H]2CC[C@@H]1C2)c1ccccc1. The highest BCUT2D eigenvalue weighted by atomic mass is 32.1. The van der Waals surface area contributed by atoms with Crippen LogP contribution in [0.3, 0.4) is 0 Å². The highest BCUT2D eigenvalue weighted by Crippen LogP contribution is 2.50. The Balaban J connectivity index is 1.43. The van der Waals surface area contributed by atoms with E-state index in [1.165, 1.54) is 44.9 Å². The van der Waals surface area contributed by atoms with Gasteiger partial charge >= 0.3 is 0 Å². The van der Waals surface area contributed by atoms with E-state index in [1.807, 2.05) is 47.8 Å². The normalized spacial score (nSPS) is 26.1. The summed E-state index contributed by atoms with van der Waals surface area (Å²) >= 11 is 1.56. The third-order valence-electron chi connectivity index (χ3n) is 7.90. The van der Waals surface area contributed by atoms with Crippen LogP contribution in [0.5, 0.6) is 0 Å². The maximum Gasteiger partial charge on any atom is 0.248 e. The predicted molar refractivity (Wildman–Crippen MR) is 130 cm³/mol. The molecule has 0 saturated heterocycles. The van der Waals surface area contributed by atoms with Crippen LogP contribution in [0.15, 0.2) is 47.8 Å². The molecule has 0 aliphatic heterocycles. The summed E-state index contributed by atoms with van der Waals surface area (Å²) in [4.78, 5) is 30.3. The number of thiophene rings is 1. The van der Waals surface area contributed by atoms with Crippen LogP contribution in [0.2, 0.25) is 0 Å². The number of carbonyl (C=O) groups excluding carboxylic acids is 2. The van der Waals surface area contributed by atoms with Crippen LogP contribution in [0.25, 0.3) is 0 Å². The van der Waals surface area contributed by atoms with Gasteiger partial charge in [-0.2, -0.15) is 0 Å². The van der Waals surface area contributed by atoms with Gasteiger partial charge in [-0.3, -0.25) is 14.5 Å². The second-order valence-corrected chi connectivity index (χ2v) is 11.0. The van der Waals surface area contributed by atoms with Crippen LogP contribution >= 0.6 is 11.3 Å². The lowest BCUT2D eigenvalue weighted by molar-refractivity contribution is -0.127. The minimum atomic E-state index is -0.606. The zero-order valence-electron chi connectivity index (χ0n) is 18.7. The number of anilines is 1. The first kappa shape index (κ1) is 21.7. The molecule has 2 aromatic rings. The predicted octanol–water partition coefficient (Wildman–Crippen LogP) is 6.10. The van der Waals surface area contributed by atoms with Gasteiger partial charge in [0.15, 0.2) is 0 Å². The van der Waals surface area contributed by atoms with Crippen LogP contribution in [0, 0.1) is 17.8 Å². The fraction of sp³-hybridized carbons (Fsp3) is 0.556. The molecular weight excluding hydrogens is 416 g/mol. The molecule has 5 rings (SSSR count). The summed E-state index contributed by atoms with van der Waals surface area (Å²) in [6, 6.07) is 13.4. The van der Waals surface area contributed by atoms with E-state index in [-0.39, 0.29) is 17.9 Å². The molecule has 3 aliphatic carbocycles. The average molecular weight is 451 g/mol. The summed E-state index contributed by atoms with van der Waals surface area (Å²) in [7, 11) is 0. The lowest BCUT2D eigenvalue weighted by Crippen LogP contribution is -2.47. The second-order valence-electron chi connectivity index (χ2n) is 10.00. The van der Waals surface area contributed by atoms with E-state index in [4.69, 9.17) is 0 Å². The molecule has 1 aromatic heterocycles. The lowest BCUT2D eigenvalue weighted by atomic mass is 9.86. The van der Waals surface area contributed by atoms with Crippen molar-refractivity contribution in [3.05, 3.63) is 52.7 Å². The molecule has 3 aliphatic rings. The Morgan fingerprint density at radius 1 is 0.969 bits per heavy atom. The van der Waals surface area contributed by atoms with Crippen LogP contribution in [-0.4, -0.2) is 17.9 Å². The fourth-order valence-corrected chi connectivity index (χ4v) is 7.14. The zero-order valence-corrected chi connectivity index (χ0v) is 19.6. The number of hydrogen-bond acceptors (Lipinski definition) is 3. The summed E-state index contributed by atoms with van der Waals surface area (Å²) in [6.07, 6.45) is 11.3. The number of hydrogen-bond donors (Lipinski definition) is 1. The largest absolute Gasteiger partial charge is 0.351 e. The van der Waals surface area contributed by atoms with Crippen LogP contribution in [0.1, 0.15) is 75.1 Å². The average Bonchev–Trinajstić information content (AvgIpc) is 3.57. The Morgan fingerprint density at radius 2 is 1.78 bits per heavy atom.